The van der Waals surface area contributed by atoms with Gasteiger partial charge in [-0.2, -0.15) is 0 Å². The number of ether oxygens (including phenoxy) is 1. The highest BCUT2D eigenvalue weighted by atomic mass is 16.5. The summed E-state index contributed by atoms with van der Waals surface area (Å²) in [6.45, 7) is 0. The molecule has 0 aromatic heterocycles. The molecule has 0 saturated carbocycles. The Morgan fingerprint density at radius 1 is 1.60 bits per heavy atom. The van der Waals surface area contributed by atoms with Crippen molar-refractivity contribution in [3.8, 4) is 0 Å². The van der Waals surface area contributed by atoms with Crippen LogP contribution >= 0.6 is 0 Å². The first-order valence-electron chi connectivity index (χ1n) is 4.71. The number of fused-ring (bicyclic) bond motifs is 1. The minimum absolute atomic E-state index is 0.130. The van der Waals surface area contributed by atoms with E-state index in [1.54, 1.807) is 6.07 Å². The molecule has 78 valence electrons. The monoisotopic (exact) mass is 206 g/mol. The third-order valence-corrected chi connectivity index (χ3v) is 2.48. The predicted molar refractivity (Wildman–Crippen MR) is 54.5 cm³/mol. The van der Waals surface area contributed by atoms with Gasteiger partial charge in [-0.15, -0.1) is 0 Å². The van der Waals surface area contributed by atoms with E-state index < -0.39 is 13.2 Å². The van der Waals surface area contributed by atoms with Crippen LogP contribution < -0.4 is 5.46 Å². The highest BCUT2D eigenvalue weighted by Crippen LogP contribution is 2.26. The second-order valence-corrected chi connectivity index (χ2v) is 3.39. The molecule has 2 rings (SSSR count). The Morgan fingerprint density at radius 3 is 3.07 bits per heavy atom. The smallest absolute Gasteiger partial charge is 0.469 e. The maximum absolute atomic E-state index is 11.1. The third-order valence-electron chi connectivity index (χ3n) is 2.48. The van der Waals surface area contributed by atoms with Gasteiger partial charge in [-0.3, -0.25) is 4.79 Å². The molecule has 0 amide bonds. The van der Waals surface area contributed by atoms with Gasteiger partial charge >= 0.3 is 13.1 Å². The molecule has 1 aromatic carbocycles. The van der Waals surface area contributed by atoms with Crippen LogP contribution in [0, 0.1) is 0 Å². The molecular weight excluding hydrogens is 195 g/mol. The van der Waals surface area contributed by atoms with Crippen LogP contribution in [0.5, 0.6) is 0 Å². The average molecular weight is 206 g/mol. The summed E-state index contributed by atoms with van der Waals surface area (Å²) in [4.78, 5) is 11.1. The van der Waals surface area contributed by atoms with E-state index in [1.807, 2.05) is 18.2 Å². The molecular formula is C10H11BO4. The highest BCUT2D eigenvalue weighted by Gasteiger charge is 2.35. The van der Waals surface area contributed by atoms with Gasteiger partial charge in [0.15, 0.2) is 0 Å². The van der Waals surface area contributed by atoms with Crippen LogP contribution in [0.3, 0.4) is 0 Å². The standard InChI is InChI=1S/C10H11BO4/c1-14-10(12)6-9-7-4-2-3-5-8(7)11(13)15-9/h2-5,9,13H,6H2,1H3. The Balaban J connectivity index is 2.21. The molecule has 0 fully saturated rings. The van der Waals surface area contributed by atoms with Crippen LogP contribution in [-0.4, -0.2) is 25.2 Å². The number of carbonyl (C=O) groups is 1. The van der Waals surface area contributed by atoms with Gasteiger partial charge in [-0.05, 0) is 11.0 Å². The van der Waals surface area contributed by atoms with E-state index in [0.29, 0.717) is 0 Å². The van der Waals surface area contributed by atoms with E-state index in [2.05, 4.69) is 4.74 Å². The van der Waals surface area contributed by atoms with Crippen molar-refractivity contribution < 1.29 is 19.2 Å². The third kappa shape index (κ3) is 1.89. The van der Waals surface area contributed by atoms with Crippen LogP contribution in [0.1, 0.15) is 18.1 Å². The summed E-state index contributed by atoms with van der Waals surface area (Å²) in [7, 11) is 0.399. The summed E-state index contributed by atoms with van der Waals surface area (Å²) in [5.74, 6) is -0.344. The minimum atomic E-state index is -0.934. The summed E-state index contributed by atoms with van der Waals surface area (Å²) >= 11 is 0. The molecule has 1 aliphatic rings. The van der Waals surface area contributed by atoms with Crippen molar-refractivity contribution in [1.29, 1.82) is 0 Å². The quantitative estimate of drug-likeness (QED) is 0.546. The Hall–Kier alpha value is -1.33. The first-order chi connectivity index (χ1) is 7.22. The summed E-state index contributed by atoms with van der Waals surface area (Å²) in [6.07, 6.45) is -0.270. The fourth-order valence-electron chi connectivity index (χ4n) is 1.72. The molecule has 0 bridgehead atoms. The molecule has 0 radical (unpaired) electrons. The van der Waals surface area contributed by atoms with Crippen LogP contribution in [0.25, 0.3) is 0 Å². The van der Waals surface area contributed by atoms with Crippen LogP contribution in [0.4, 0.5) is 0 Å². The van der Waals surface area contributed by atoms with Crippen molar-refractivity contribution in [2.24, 2.45) is 0 Å². The van der Waals surface area contributed by atoms with Gasteiger partial charge in [0.1, 0.15) is 0 Å². The molecule has 0 aliphatic carbocycles. The summed E-state index contributed by atoms with van der Waals surface area (Å²) < 4.78 is 9.82. The maximum atomic E-state index is 11.1. The van der Waals surface area contributed by atoms with Gasteiger partial charge in [0.25, 0.3) is 0 Å². The van der Waals surface area contributed by atoms with Crippen molar-refractivity contribution in [2.75, 3.05) is 7.11 Å². The zero-order chi connectivity index (χ0) is 10.8. The van der Waals surface area contributed by atoms with Crippen molar-refractivity contribution in [3.63, 3.8) is 0 Å². The van der Waals surface area contributed by atoms with Gasteiger partial charge < -0.3 is 14.4 Å². The van der Waals surface area contributed by atoms with Crippen molar-refractivity contribution in [3.05, 3.63) is 29.8 Å². The number of hydrogen-bond donors (Lipinski definition) is 1. The molecule has 1 atom stereocenters. The van der Waals surface area contributed by atoms with Crippen molar-refractivity contribution >= 4 is 18.6 Å². The fourth-order valence-corrected chi connectivity index (χ4v) is 1.72. The predicted octanol–water partition coefficient (Wildman–Crippen LogP) is 0.00850. The Kier molecular flexibility index (Phi) is 2.75. The summed E-state index contributed by atoms with van der Waals surface area (Å²) in [5, 5.41) is 9.56. The largest absolute Gasteiger partial charge is 0.491 e. The Labute approximate surface area is 88.0 Å². The van der Waals surface area contributed by atoms with Crippen LogP contribution in [0.15, 0.2) is 24.3 Å². The molecule has 1 N–H and O–H groups in total. The van der Waals surface area contributed by atoms with Gasteiger partial charge in [-0.25, -0.2) is 0 Å². The first-order valence-corrected chi connectivity index (χ1v) is 4.71. The lowest BCUT2D eigenvalue weighted by molar-refractivity contribution is -0.142. The lowest BCUT2D eigenvalue weighted by Crippen LogP contribution is -2.27. The van der Waals surface area contributed by atoms with E-state index >= 15 is 0 Å². The van der Waals surface area contributed by atoms with E-state index in [0.717, 1.165) is 11.0 Å². The van der Waals surface area contributed by atoms with Crippen molar-refractivity contribution in [1.82, 2.24) is 0 Å². The molecule has 1 unspecified atom stereocenters. The second kappa shape index (κ2) is 4.04. The number of hydrogen-bond acceptors (Lipinski definition) is 4. The number of carbonyl (C=O) groups excluding carboxylic acids is 1. The molecule has 5 heteroatoms. The van der Waals surface area contributed by atoms with E-state index in [4.69, 9.17) is 4.65 Å². The number of esters is 1. The second-order valence-electron chi connectivity index (χ2n) is 3.39. The van der Waals surface area contributed by atoms with E-state index in [1.165, 1.54) is 7.11 Å². The highest BCUT2D eigenvalue weighted by molar-refractivity contribution is 6.61. The van der Waals surface area contributed by atoms with Crippen LogP contribution in [0.2, 0.25) is 0 Å². The van der Waals surface area contributed by atoms with Crippen LogP contribution in [-0.2, 0) is 14.2 Å². The zero-order valence-electron chi connectivity index (χ0n) is 8.34. The SMILES string of the molecule is COC(=O)CC1OB(O)c2ccccc21. The van der Waals surface area contributed by atoms with Gasteiger partial charge in [0.05, 0.1) is 19.6 Å². The zero-order valence-corrected chi connectivity index (χ0v) is 8.34. The summed E-state index contributed by atoms with van der Waals surface area (Å²) in [5.41, 5.74) is 1.59. The number of methoxy groups -OCH3 is 1. The molecule has 0 spiro atoms. The van der Waals surface area contributed by atoms with Gasteiger partial charge in [-0.1, -0.05) is 24.3 Å². The van der Waals surface area contributed by atoms with Crippen molar-refractivity contribution in [2.45, 2.75) is 12.5 Å². The molecule has 1 aliphatic heterocycles. The number of benzene rings is 1. The Morgan fingerprint density at radius 2 is 2.33 bits per heavy atom. The normalized spacial score (nSPS) is 18.8. The molecule has 15 heavy (non-hydrogen) atoms. The topological polar surface area (TPSA) is 55.8 Å². The van der Waals surface area contributed by atoms with Gasteiger partial charge in [0, 0.05) is 0 Å². The first kappa shape index (κ1) is 10.2. The lowest BCUT2D eigenvalue weighted by Gasteiger charge is -2.09. The molecule has 1 aromatic rings. The number of rotatable bonds is 2. The fraction of sp³-hybridized carbons (Fsp3) is 0.300. The molecule has 0 saturated heterocycles. The maximum Gasteiger partial charge on any atom is 0.491 e. The Bertz CT molecular complexity index is 379. The van der Waals surface area contributed by atoms with E-state index in [9.17, 15) is 9.82 Å². The van der Waals surface area contributed by atoms with E-state index in [-0.39, 0.29) is 12.4 Å². The average Bonchev–Trinajstić information content (AvgIpc) is 2.57. The minimum Gasteiger partial charge on any atom is -0.469 e. The summed E-state index contributed by atoms with van der Waals surface area (Å²) in [6, 6.07) is 7.31. The molecule has 4 nitrogen and oxygen atoms in total. The lowest BCUT2D eigenvalue weighted by atomic mass is 9.79. The molecule has 1 heterocycles. The van der Waals surface area contributed by atoms with Gasteiger partial charge in [0.2, 0.25) is 0 Å².